The van der Waals surface area contributed by atoms with Crippen LogP contribution in [0.2, 0.25) is 0 Å². The van der Waals surface area contributed by atoms with E-state index in [0.717, 1.165) is 29.3 Å². The highest BCUT2D eigenvalue weighted by molar-refractivity contribution is 5.73. The molecule has 3 aromatic rings. The van der Waals surface area contributed by atoms with Gasteiger partial charge in [-0.15, -0.1) is 0 Å². The van der Waals surface area contributed by atoms with Crippen LogP contribution >= 0.6 is 0 Å². The summed E-state index contributed by atoms with van der Waals surface area (Å²) >= 11 is 0. The summed E-state index contributed by atoms with van der Waals surface area (Å²) < 4.78 is 0. The fourth-order valence-corrected chi connectivity index (χ4v) is 1.96. The highest BCUT2D eigenvalue weighted by atomic mass is 15.2. The van der Waals surface area contributed by atoms with Gasteiger partial charge in [0, 0.05) is 23.1 Å². The molecular weight excluding hydrogens is 238 g/mol. The molecule has 0 amide bonds. The highest BCUT2D eigenvalue weighted by Gasteiger charge is 2.08. The van der Waals surface area contributed by atoms with Gasteiger partial charge in [-0.05, 0) is 31.2 Å². The molecule has 0 fully saturated rings. The molecule has 3 rings (SSSR count). The van der Waals surface area contributed by atoms with E-state index in [1.807, 2.05) is 49.5 Å². The lowest BCUT2D eigenvalue weighted by molar-refractivity contribution is 1.04. The number of aromatic amines is 2. The van der Waals surface area contributed by atoms with E-state index < -0.39 is 0 Å². The molecule has 1 aromatic carbocycles. The molecule has 19 heavy (non-hydrogen) atoms. The summed E-state index contributed by atoms with van der Waals surface area (Å²) in [5, 5.41) is 10.5. The Morgan fingerprint density at radius 2 is 2.05 bits per heavy atom. The third kappa shape index (κ3) is 2.49. The van der Waals surface area contributed by atoms with E-state index in [2.05, 4.69) is 25.5 Å². The van der Waals surface area contributed by atoms with Crippen LogP contribution in [0.5, 0.6) is 0 Å². The van der Waals surface area contributed by atoms with Gasteiger partial charge >= 0.3 is 0 Å². The van der Waals surface area contributed by atoms with Crippen LogP contribution in [0.1, 0.15) is 11.5 Å². The standard InChI is InChI=1S/C14H15N5/c1-10-17-14(19-18-10)12-6-2-3-7-13(12)16-9-11-5-4-8-15-11/h2-8,15-16H,9H2,1H3,(H,17,18,19). The smallest absolute Gasteiger partial charge is 0.183 e. The molecule has 0 saturated carbocycles. The summed E-state index contributed by atoms with van der Waals surface area (Å²) in [5.74, 6) is 1.53. The van der Waals surface area contributed by atoms with Crippen molar-refractivity contribution in [2.45, 2.75) is 13.5 Å². The number of benzene rings is 1. The molecule has 0 aliphatic heterocycles. The second kappa shape index (κ2) is 4.97. The maximum Gasteiger partial charge on any atom is 0.183 e. The van der Waals surface area contributed by atoms with Crippen LogP contribution in [-0.4, -0.2) is 20.2 Å². The van der Waals surface area contributed by atoms with Crippen LogP contribution in [0, 0.1) is 6.92 Å². The second-order valence-electron chi connectivity index (χ2n) is 4.34. The molecule has 0 spiro atoms. The molecule has 5 heteroatoms. The molecule has 0 bridgehead atoms. The van der Waals surface area contributed by atoms with Gasteiger partial charge in [0.15, 0.2) is 5.82 Å². The van der Waals surface area contributed by atoms with E-state index >= 15 is 0 Å². The largest absolute Gasteiger partial charge is 0.379 e. The first-order valence-corrected chi connectivity index (χ1v) is 6.17. The quantitative estimate of drug-likeness (QED) is 0.669. The lowest BCUT2D eigenvalue weighted by Gasteiger charge is -2.09. The number of nitrogens with zero attached hydrogens (tertiary/aromatic N) is 2. The molecule has 0 aliphatic carbocycles. The Bertz CT molecular complexity index is 654. The highest BCUT2D eigenvalue weighted by Crippen LogP contribution is 2.25. The maximum atomic E-state index is 4.37. The number of hydrogen-bond acceptors (Lipinski definition) is 3. The molecule has 5 nitrogen and oxygen atoms in total. The normalized spacial score (nSPS) is 10.6. The third-order valence-electron chi connectivity index (χ3n) is 2.90. The zero-order valence-corrected chi connectivity index (χ0v) is 10.6. The van der Waals surface area contributed by atoms with Crippen LogP contribution in [0.15, 0.2) is 42.6 Å². The van der Waals surface area contributed by atoms with Gasteiger partial charge in [0.1, 0.15) is 5.82 Å². The van der Waals surface area contributed by atoms with Crippen LogP contribution in [0.4, 0.5) is 5.69 Å². The minimum Gasteiger partial charge on any atom is -0.379 e. The van der Waals surface area contributed by atoms with Crippen LogP contribution in [0.3, 0.4) is 0 Å². The van der Waals surface area contributed by atoms with Crippen LogP contribution in [-0.2, 0) is 6.54 Å². The van der Waals surface area contributed by atoms with Gasteiger partial charge in [-0.2, -0.15) is 5.10 Å². The summed E-state index contributed by atoms with van der Waals surface area (Å²) in [5.41, 5.74) is 3.16. The van der Waals surface area contributed by atoms with E-state index in [0.29, 0.717) is 5.82 Å². The molecule has 0 unspecified atom stereocenters. The summed E-state index contributed by atoms with van der Waals surface area (Å²) in [7, 11) is 0. The average Bonchev–Trinajstić information content (AvgIpc) is 3.08. The number of para-hydroxylation sites is 1. The van der Waals surface area contributed by atoms with Gasteiger partial charge in [-0.3, -0.25) is 5.10 Å². The fourth-order valence-electron chi connectivity index (χ4n) is 1.96. The second-order valence-corrected chi connectivity index (χ2v) is 4.34. The molecule has 0 saturated heterocycles. The summed E-state index contributed by atoms with van der Waals surface area (Å²) in [6.45, 7) is 2.64. The Morgan fingerprint density at radius 1 is 1.16 bits per heavy atom. The van der Waals surface area contributed by atoms with Crippen molar-refractivity contribution in [3.8, 4) is 11.4 Å². The zero-order valence-electron chi connectivity index (χ0n) is 10.6. The van der Waals surface area contributed by atoms with Crippen molar-refractivity contribution in [3.05, 3.63) is 54.1 Å². The fraction of sp³-hybridized carbons (Fsp3) is 0.143. The molecule has 0 atom stereocenters. The Balaban J connectivity index is 1.85. The summed E-state index contributed by atoms with van der Waals surface area (Å²) in [6, 6.07) is 12.1. The van der Waals surface area contributed by atoms with Crippen molar-refractivity contribution in [2.75, 3.05) is 5.32 Å². The van der Waals surface area contributed by atoms with Gasteiger partial charge in [0.25, 0.3) is 0 Å². The topological polar surface area (TPSA) is 69.4 Å². The van der Waals surface area contributed by atoms with Crippen molar-refractivity contribution in [2.24, 2.45) is 0 Å². The van der Waals surface area contributed by atoms with Gasteiger partial charge in [-0.1, -0.05) is 12.1 Å². The molecule has 96 valence electrons. The molecular formula is C14H15N5. The van der Waals surface area contributed by atoms with Crippen molar-refractivity contribution in [3.63, 3.8) is 0 Å². The van der Waals surface area contributed by atoms with E-state index in [1.54, 1.807) is 0 Å². The first kappa shape index (κ1) is 11.5. The lowest BCUT2D eigenvalue weighted by Crippen LogP contribution is -2.01. The Labute approximate surface area is 111 Å². The van der Waals surface area contributed by atoms with Crippen molar-refractivity contribution < 1.29 is 0 Å². The molecule has 0 radical (unpaired) electrons. The average molecular weight is 253 g/mol. The summed E-state index contributed by atoms with van der Waals surface area (Å²) in [6.07, 6.45) is 1.92. The Morgan fingerprint density at radius 3 is 2.79 bits per heavy atom. The predicted molar refractivity (Wildman–Crippen MR) is 74.7 cm³/mol. The lowest BCUT2D eigenvalue weighted by atomic mass is 10.1. The Hall–Kier alpha value is -2.56. The molecule has 2 heterocycles. The van der Waals surface area contributed by atoms with E-state index in [-0.39, 0.29) is 0 Å². The number of aromatic nitrogens is 4. The van der Waals surface area contributed by atoms with Gasteiger partial charge < -0.3 is 10.3 Å². The summed E-state index contributed by atoms with van der Waals surface area (Å²) in [4.78, 5) is 7.54. The number of hydrogen-bond donors (Lipinski definition) is 3. The SMILES string of the molecule is Cc1nc(-c2ccccc2NCc2ccc[nH]2)n[nH]1. The number of anilines is 1. The van der Waals surface area contributed by atoms with E-state index in [9.17, 15) is 0 Å². The van der Waals surface area contributed by atoms with Crippen molar-refractivity contribution in [1.82, 2.24) is 20.2 Å². The minimum atomic E-state index is 0.715. The number of nitrogens with one attached hydrogen (secondary N) is 3. The van der Waals surface area contributed by atoms with Gasteiger partial charge in [0.05, 0.1) is 6.54 Å². The van der Waals surface area contributed by atoms with Gasteiger partial charge in [-0.25, -0.2) is 4.98 Å². The first-order valence-electron chi connectivity index (χ1n) is 6.17. The third-order valence-corrected chi connectivity index (χ3v) is 2.90. The maximum absolute atomic E-state index is 4.37. The first-order chi connectivity index (χ1) is 9.33. The van der Waals surface area contributed by atoms with Crippen LogP contribution < -0.4 is 5.32 Å². The molecule has 0 aliphatic rings. The van der Waals surface area contributed by atoms with Crippen molar-refractivity contribution in [1.29, 1.82) is 0 Å². The number of aryl methyl sites for hydroxylation is 1. The van der Waals surface area contributed by atoms with Crippen molar-refractivity contribution >= 4 is 5.69 Å². The van der Waals surface area contributed by atoms with E-state index in [4.69, 9.17) is 0 Å². The van der Waals surface area contributed by atoms with Gasteiger partial charge in [0.2, 0.25) is 0 Å². The molecule has 3 N–H and O–H groups in total. The predicted octanol–water partition coefficient (Wildman–Crippen LogP) is 2.72. The molecule has 2 aromatic heterocycles. The van der Waals surface area contributed by atoms with E-state index in [1.165, 1.54) is 0 Å². The monoisotopic (exact) mass is 253 g/mol. The zero-order chi connectivity index (χ0) is 13.1. The minimum absolute atomic E-state index is 0.715. The number of rotatable bonds is 4. The Kier molecular flexibility index (Phi) is 3.02. The number of H-pyrrole nitrogens is 2. The van der Waals surface area contributed by atoms with Crippen LogP contribution in [0.25, 0.3) is 11.4 Å².